The molecule has 20 heteroatoms. The van der Waals surface area contributed by atoms with Crippen LogP contribution in [-0.4, -0.2) is 42.9 Å². The van der Waals surface area contributed by atoms with Crippen LogP contribution in [0.5, 0.6) is 0 Å². The minimum absolute atomic E-state index is 0. The Balaban J connectivity index is -0.000000781. The molecule has 0 bridgehead atoms. The summed E-state index contributed by atoms with van der Waals surface area (Å²) in [5.74, 6) is 0. The van der Waals surface area contributed by atoms with E-state index in [0.717, 1.165) is 18.2 Å². The van der Waals surface area contributed by atoms with Crippen molar-refractivity contribution in [3.05, 3.63) is 38.4 Å². The Labute approximate surface area is 163 Å². The molecule has 1 rings (SSSR count). The zero-order chi connectivity index (χ0) is 19.3. The summed E-state index contributed by atoms with van der Waals surface area (Å²) in [4.78, 5) is 47.5. The van der Waals surface area contributed by atoms with Crippen LogP contribution < -0.4 is 24.3 Å². The average Bonchev–Trinajstić information content (AvgIpc) is 2.43. The van der Waals surface area contributed by atoms with Crippen molar-refractivity contribution in [2.75, 3.05) is 18.5 Å². The second-order valence-electron chi connectivity index (χ2n) is 4.35. The minimum Gasteiger partial charge on any atom is -1.00 e. The molecule has 2 atom stereocenters. The molecule has 14 nitrogen and oxygen atoms in total. The Morgan fingerprint density at radius 1 is 1.07 bits per heavy atom. The molecular weight excluding hydrogens is 454 g/mol. The summed E-state index contributed by atoms with van der Waals surface area (Å²) in [6, 6.07) is 2.94. The Kier molecular flexibility index (Phi) is 16.8. The maximum absolute atomic E-state index is 11.1. The van der Waals surface area contributed by atoms with E-state index < -0.39 is 43.5 Å². The zero-order valence-electron chi connectivity index (χ0n) is 14.1. The van der Waals surface area contributed by atoms with Crippen molar-refractivity contribution in [2.45, 2.75) is 6.42 Å². The van der Waals surface area contributed by atoms with Gasteiger partial charge in [-0.25, -0.2) is 8.88 Å². The maximum atomic E-state index is 11.1. The van der Waals surface area contributed by atoms with E-state index in [4.69, 9.17) is 9.79 Å². The number of phosphoric ester groups is 1. The Bertz CT molecular complexity index is 768. The first-order valence-electron chi connectivity index (χ1n) is 6.30. The number of rotatable bonds is 10. The number of nitro benzene ring substituents is 2. The van der Waals surface area contributed by atoms with Crippen LogP contribution in [0.2, 0.25) is 0 Å². The smallest absolute Gasteiger partial charge is 1.00 e. The molecule has 0 aliphatic heterocycles. The van der Waals surface area contributed by atoms with Crippen LogP contribution in [-0.2, 0) is 18.0 Å². The first-order chi connectivity index (χ1) is 11.4. The number of phosphoric acid groups is 2. The quantitative estimate of drug-likeness (QED) is 0.0964. The SMILES string of the molecule is O=[N+]([O-])c1ccc(NCCCOP(=O)(O)OP(=O)([O-])O)c([N+](=O)[O-])c1.[Be+2].[F-].[F-].[F-]. The molecule has 0 saturated carbocycles. The van der Waals surface area contributed by atoms with Gasteiger partial charge in [0.05, 0.1) is 22.5 Å². The number of nitrogens with one attached hydrogen (secondary N) is 1. The van der Waals surface area contributed by atoms with E-state index in [1.54, 1.807) is 0 Å². The third kappa shape index (κ3) is 13.0. The summed E-state index contributed by atoms with van der Waals surface area (Å²) < 4.78 is 29.1. The summed E-state index contributed by atoms with van der Waals surface area (Å²) in [5.41, 5.74) is -1.04. The van der Waals surface area contributed by atoms with Crippen molar-refractivity contribution >= 4 is 42.8 Å². The number of hydrogen-bond acceptors (Lipinski definition) is 10. The van der Waals surface area contributed by atoms with Crippen molar-refractivity contribution < 1.29 is 56.6 Å². The van der Waals surface area contributed by atoms with Crippen LogP contribution in [0.1, 0.15) is 6.42 Å². The van der Waals surface area contributed by atoms with E-state index in [2.05, 4.69) is 14.2 Å². The summed E-state index contributed by atoms with van der Waals surface area (Å²) in [6.07, 6.45) is -0.0172. The number of halogens is 3. The van der Waals surface area contributed by atoms with E-state index in [1.165, 1.54) is 0 Å². The second kappa shape index (κ2) is 14.1. The fourth-order valence-corrected chi connectivity index (χ4v) is 3.15. The summed E-state index contributed by atoms with van der Waals surface area (Å²) in [6.45, 7) is -0.506. The molecule has 0 aromatic heterocycles. The van der Waals surface area contributed by atoms with E-state index in [0.29, 0.717) is 0 Å². The monoisotopic (exact) mass is 466 g/mol. The first-order valence-corrected chi connectivity index (χ1v) is 9.29. The van der Waals surface area contributed by atoms with Gasteiger partial charge in [-0.3, -0.25) is 29.3 Å². The first kappa shape index (κ1) is 34.5. The largest absolute Gasteiger partial charge is 2.00 e. The van der Waals surface area contributed by atoms with Crippen LogP contribution in [0.3, 0.4) is 0 Å². The van der Waals surface area contributed by atoms with Gasteiger partial charge in [0.25, 0.3) is 19.2 Å². The summed E-state index contributed by atoms with van der Waals surface area (Å²) >= 11 is 0. The van der Waals surface area contributed by atoms with Crippen molar-refractivity contribution in [2.24, 2.45) is 0 Å². The molecule has 0 saturated heterocycles. The summed E-state index contributed by atoms with van der Waals surface area (Å²) in [5, 5.41) is 24.1. The fourth-order valence-electron chi connectivity index (χ4n) is 1.56. The molecule has 0 fully saturated rings. The molecule has 0 spiro atoms. The molecule has 1 aromatic rings. The predicted molar refractivity (Wildman–Crippen MR) is 85.3 cm³/mol. The average molecular weight is 466 g/mol. The third-order valence-electron chi connectivity index (χ3n) is 2.49. The molecule has 0 aliphatic rings. The van der Waals surface area contributed by atoms with Crippen molar-refractivity contribution in [3.8, 4) is 0 Å². The van der Waals surface area contributed by atoms with Gasteiger partial charge < -0.3 is 34.1 Å². The van der Waals surface area contributed by atoms with Crippen LogP contribution in [0, 0.1) is 20.2 Å². The van der Waals surface area contributed by atoms with Gasteiger partial charge in [-0.2, -0.15) is 0 Å². The number of hydrogen-bond donors (Lipinski definition) is 3. The Morgan fingerprint density at radius 2 is 1.62 bits per heavy atom. The molecule has 0 amide bonds. The van der Waals surface area contributed by atoms with Gasteiger partial charge in [-0.15, -0.1) is 0 Å². The molecular formula is C9H12BeF3N3O11P2-2. The molecule has 164 valence electrons. The number of nitrogens with zero attached hydrogens (tertiary/aromatic N) is 2. The van der Waals surface area contributed by atoms with Gasteiger partial charge >= 0.3 is 17.9 Å². The van der Waals surface area contributed by atoms with Gasteiger partial charge in [0.1, 0.15) is 5.69 Å². The molecule has 29 heavy (non-hydrogen) atoms. The van der Waals surface area contributed by atoms with Crippen molar-refractivity contribution in [1.29, 1.82) is 0 Å². The second-order valence-corrected chi connectivity index (χ2v) is 7.13. The normalized spacial score (nSPS) is 13.6. The number of anilines is 1. The van der Waals surface area contributed by atoms with Crippen LogP contribution >= 0.6 is 15.6 Å². The van der Waals surface area contributed by atoms with Crippen LogP contribution in [0.25, 0.3) is 0 Å². The van der Waals surface area contributed by atoms with E-state index in [9.17, 15) is 34.3 Å². The Morgan fingerprint density at radius 3 is 2.07 bits per heavy atom. The van der Waals surface area contributed by atoms with Crippen LogP contribution in [0.4, 0.5) is 17.1 Å². The van der Waals surface area contributed by atoms with Crippen molar-refractivity contribution in [3.63, 3.8) is 0 Å². The summed E-state index contributed by atoms with van der Waals surface area (Å²) in [7, 11) is -10.5. The van der Waals surface area contributed by atoms with Crippen LogP contribution in [0.15, 0.2) is 18.2 Å². The standard InChI is InChI=1S/C9H13N3O11P2.Be.3FH/c13-11(14)7-2-3-8(9(6-7)12(15)16)10-4-1-5-22-25(20,21)23-24(17,18)19;;;;/h2-3,6,10H,1,4-5H2,(H,20,21)(H2,17,18,19);;3*1H/q;+2;;;/p-4. The maximum Gasteiger partial charge on any atom is 2.00 e. The molecule has 0 radical (unpaired) electrons. The topological polar surface area (TPSA) is 214 Å². The van der Waals surface area contributed by atoms with Gasteiger partial charge in [-0.1, -0.05) is 0 Å². The molecule has 0 aliphatic carbocycles. The third-order valence-corrected chi connectivity index (χ3v) is 4.65. The molecule has 1 aromatic carbocycles. The van der Waals surface area contributed by atoms with Gasteiger partial charge in [0, 0.05) is 12.6 Å². The number of non-ortho nitro benzene ring substituents is 1. The van der Waals surface area contributed by atoms with E-state index >= 15 is 0 Å². The fraction of sp³-hybridized carbons (Fsp3) is 0.333. The van der Waals surface area contributed by atoms with E-state index in [1.807, 2.05) is 0 Å². The van der Waals surface area contributed by atoms with E-state index in [-0.39, 0.29) is 42.9 Å². The molecule has 2 unspecified atom stereocenters. The molecule has 0 heterocycles. The zero-order valence-corrected chi connectivity index (χ0v) is 15.8. The molecule has 3 N–H and O–H groups in total. The number of nitro groups is 2. The van der Waals surface area contributed by atoms with Gasteiger partial charge in [0.2, 0.25) is 0 Å². The van der Waals surface area contributed by atoms with Crippen molar-refractivity contribution in [1.82, 2.24) is 0 Å². The minimum atomic E-state index is -5.45. The van der Waals surface area contributed by atoms with Gasteiger partial charge in [-0.05, 0) is 12.5 Å². The number of benzene rings is 1. The van der Waals surface area contributed by atoms with Gasteiger partial charge in [0.15, 0.2) is 0 Å². The predicted octanol–water partition coefficient (Wildman–Crippen LogP) is -8.47. The Hall–Kier alpha value is -1.96.